The van der Waals surface area contributed by atoms with Crippen molar-refractivity contribution in [3.05, 3.63) is 53.1 Å². The second kappa shape index (κ2) is 8.96. The maximum Gasteiger partial charge on any atom is 0.267 e. The zero-order chi connectivity index (χ0) is 21.0. The predicted molar refractivity (Wildman–Crippen MR) is 111 cm³/mol. The number of rotatable bonds is 6. The molecule has 2 N–H and O–H groups in total. The minimum absolute atomic E-state index is 0.0657. The normalized spacial score (nSPS) is 15.3. The van der Waals surface area contributed by atoms with Crippen LogP contribution in [0.15, 0.2) is 42.5 Å². The van der Waals surface area contributed by atoms with Gasteiger partial charge in [-0.05, 0) is 43.7 Å². The van der Waals surface area contributed by atoms with E-state index in [2.05, 4.69) is 10.6 Å². The molecule has 1 atom stereocenters. The molecule has 0 saturated carbocycles. The number of fused-ring (bicyclic) bond motifs is 1. The summed E-state index contributed by atoms with van der Waals surface area (Å²) in [5.41, 5.74) is 1.99. The van der Waals surface area contributed by atoms with Gasteiger partial charge < -0.3 is 20.3 Å². The maximum atomic E-state index is 12.4. The van der Waals surface area contributed by atoms with Crippen molar-refractivity contribution >= 4 is 40.7 Å². The fourth-order valence-corrected chi connectivity index (χ4v) is 3.18. The number of nitrogens with one attached hydrogen (secondary N) is 2. The fraction of sp³-hybridized carbons (Fsp3) is 0.286. The molecule has 29 heavy (non-hydrogen) atoms. The molecule has 1 heterocycles. The van der Waals surface area contributed by atoms with E-state index < -0.39 is 6.10 Å². The lowest BCUT2D eigenvalue weighted by Crippen LogP contribution is -2.46. The van der Waals surface area contributed by atoms with Crippen LogP contribution in [0, 0.1) is 6.92 Å². The molecule has 2 aromatic carbocycles. The van der Waals surface area contributed by atoms with Crippen molar-refractivity contribution in [2.75, 3.05) is 23.3 Å². The lowest BCUT2D eigenvalue weighted by Gasteiger charge is -2.32. The standard InChI is InChI=1S/C21H22ClN3O4/c1-13-15(22)6-5-7-16(13)24-20(27)12-23-19(26)10-11-25-17-8-3-4-9-18(17)29-14(2)21(25)28/h3-9,14H,10-12H2,1-2H3,(H,23,26)(H,24,27)/t14-/m0/s1. The minimum atomic E-state index is -0.611. The van der Waals surface area contributed by atoms with Crippen molar-refractivity contribution in [1.29, 1.82) is 0 Å². The van der Waals surface area contributed by atoms with Gasteiger partial charge in [0.1, 0.15) is 5.75 Å². The smallest absolute Gasteiger partial charge is 0.267 e. The van der Waals surface area contributed by atoms with E-state index in [1.807, 2.05) is 6.07 Å². The van der Waals surface area contributed by atoms with E-state index in [1.54, 1.807) is 55.1 Å². The molecule has 7 nitrogen and oxygen atoms in total. The van der Waals surface area contributed by atoms with Gasteiger partial charge in [0.2, 0.25) is 11.8 Å². The summed E-state index contributed by atoms with van der Waals surface area (Å²) in [6, 6.07) is 12.4. The molecule has 2 aromatic rings. The van der Waals surface area contributed by atoms with E-state index in [0.717, 1.165) is 5.56 Å². The van der Waals surface area contributed by atoms with Crippen LogP contribution in [0.1, 0.15) is 18.9 Å². The first-order chi connectivity index (χ1) is 13.9. The van der Waals surface area contributed by atoms with Crippen LogP contribution in [0.3, 0.4) is 0 Å². The highest BCUT2D eigenvalue weighted by atomic mass is 35.5. The highest BCUT2D eigenvalue weighted by Crippen LogP contribution is 2.33. The highest BCUT2D eigenvalue weighted by molar-refractivity contribution is 6.31. The molecule has 3 amide bonds. The number of carbonyl (C=O) groups is 3. The van der Waals surface area contributed by atoms with E-state index in [1.165, 1.54) is 0 Å². The number of carbonyl (C=O) groups excluding carboxylic acids is 3. The number of ether oxygens (including phenoxy) is 1. The molecule has 0 spiro atoms. The van der Waals surface area contributed by atoms with Crippen LogP contribution in [-0.4, -0.2) is 36.9 Å². The second-order valence-corrected chi connectivity index (χ2v) is 7.11. The minimum Gasteiger partial charge on any atom is -0.479 e. The first-order valence-electron chi connectivity index (χ1n) is 9.25. The number of anilines is 2. The summed E-state index contributed by atoms with van der Waals surface area (Å²) >= 11 is 6.04. The molecule has 0 aliphatic carbocycles. The topological polar surface area (TPSA) is 87.7 Å². The highest BCUT2D eigenvalue weighted by Gasteiger charge is 2.31. The number of hydrogen-bond acceptors (Lipinski definition) is 4. The molecular formula is C21H22ClN3O4. The van der Waals surface area contributed by atoms with Gasteiger partial charge in [-0.2, -0.15) is 0 Å². The third-order valence-corrected chi connectivity index (χ3v) is 5.03. The average Bonchev–Trinajstić information content (AvgIpc) is 2.70. The lowest BCUT2D eigenvalue weighted by atomic mass is 10.1. The maximum absolute atomic E-state index is 12.4. The summed E-state index contributed by atoms with van der Waals surface area (Å²) in [6.07, 6.45) is -0.546. The summed E-state index contributed by atoms with van der Waals surface area (Å²) in [4.78, 5) is 38.2. The third kappa shape index (κ3) is 4.86. The Morgan fingerprint density at radius 1 is 1.14 bits per heavy atom. The van der Waals surface area contributed by atoms with Crippen LogP contribution in [-0.2, 0) is 14.4 Å². The van der Waals surface area contributed by atoms with Crippen LogP contribution in [0.4, 0.5) is 11.4 Å². The Bertz CT molecular complexity index is 947. The number of amides is 3. The van der Waals surface area contributed by atoms with Gasteiger partial charge in [0.25, 0.3) is 5.91 Å². The van der Waals surface area contributed by atoms with Crippen molar-refractivity contribution < 1.29 is 19.1 Å². The Morgan fingerprint density at radius 2 is 1.90 bits per heavy atom. The van der Waals surface area contributed by atoms with E-state index in [9.17, 15) is 14.4 Å². The Hall–Kier alpha value is -3.06. The SMILES string of the molecule is Cc1c(Cl)cccc1NC(=O)CNC(=O)CCN1C(=O)[C@H](C)Oc2ccccc21. The molecule has 152 valence electrons. The van der Waals surface area contributed by atoms with E-state index in [0.29, 0.717) is 22.1 Å². The van der Waals surface area contributed by atoms with Crippen LogP contribution in [0.25, 0.3) is 0 Å². The second-order valence-electron chi connectivity index (χ2n) is 6.70. The van der Waals surface area contributed by atoms with Crippen molar-refractivity contribution in [3.8, 4) is 5.75 Å². The van der Waals surface area contributed by atoms with Gasteiger partial charge in [0.15, 0.2) is 6.10 Å². The number of nitrogens with zero attached hydrogens (tertiary/aromatic N) is 1. The largest absolute Gasteiger partial charge is 0.479 e. The number of halogens is 1. The molecule has 1 aliphatic heterocycles. The van der Waals surface area contributed by atoms with Gasteiger partial charge in [-0.15, -0.1) is 0 Å². The first kappa shape index (κ1) is 20.7. The van der Waals surface area contributed by atoms with Gasteiger partial charge in [-0.3, -0.25) is 14.4 Å². The summed E-state index contributed by atoms with van der Waals surface area (Å²) in [7, 11) is 0. The van der Waals surface area contributed by atoms with Crippen LogP contribution >= 0.6 is 11.6 Å². The predicted octanol–water partition coefficient (Wildman–Crippen LogP) is 2.91. The molecular weight excluding hydrogens is 394 g/mol. The molecule has 0 bridgehead atoms. The monoisotopic (exact) mass is 415 g/mol. The van der Waals surface area contributed by atoms with Gasteiger partial charge in [-0.25, -0.2) is 0 Å². The third-order valence-electron chi connectivity index (χ3n) is 4.62. The van der Waals surface area contributed by atoms with Gasteiger partial charge in [0.05, 0.1) is 12.2 Å². The Morgan fingerprint density at radius 3 is 2.69 bits per heavy atom. The summed E-state index contributed by atoms with van der Waals surface area (Å²) in [5, 5.41) is 5.84. The Balaban J connectivity index is 1.52. The quantitative estimate of drug-likeness (QED) is 0.759. The molecule has 0 radical (unpaired) electrons. The fourth-order valence-electron chi connectivity index (χ4n) is 3.01. The van der Waals surface area contributed by atoms with E-state index >= 15 is 0 Å². The first-order valence-corrected chi connectivity index (χ1v) is 9.63. The summed E-state index contributed by atoms with van der Waals surface area (Å²) in [5.74, 6) is -0.278. The zero-order valence-electron chi connectivity index (χ0n) is 16.2. The van der Waals surface area contributed by atoms with E-state index in [-0.39, 0.29) is 37.2 Å². The van der Waals surface area contributed by atoms with Crippen LogP contribution in [0.2, 0.25) is 5.02 Å². The number of para-hydroxylation sites is 2. The summed E-state index contributed by atoms with van der Waals surface area (Å²) in [6.45, 7) is 3.50. The van der Waals surface area contributed by atoms with Crippen LogP contribution < -0.4 is 20.3 Å². The molecule has 1 aliphatic rings. The molecule has 3 rings (SSSR count). The van der Waals surface area contributed by atoms with Crippen molar-refractivity contribution in [2.45, 2.75) is 26.4 Å². The Labute approximate surface area is 174 Å². The number of benzene rings is 2. The molecule has 0 aromatic heterocycles. The average molecular weight is 416 g/mol. The van der Waals surface area contributed by atoms with Crippen molar-refractivity contribution in [1.82, 2.24) is 5.32 Å². The van der Waals surface area contributed by atoms with Gasteiger partial charge in [0, 0.05) is 23.7 Å². The van der Waals surface area contributed by atoms with Gasteiger partial charge in [-0.1, -0.05) is 29.8 Å². The van der Waals surface area contributed by atoms with Crippen molar-refractivity contribution in [2.24, 2.45) is 0 Å². The van der Waals surface area contributed by atoms with Gasteiger partial charge >= 0.3 is 0 Å². The molecule has 8 heteroatoms. The zero-order valence-corrected chi connectivity index (χ0v) is 17.0. The van der Waals surface area contributed by atoms with E-state index in [4.69, 9.17) is 16.3 Å². The van der Waals surface area contributed by atoms with Crippen molar-refractivity contribution in [3.63, 3.8) is 0 Å². The Kier molecular flexibility index (Phi) is 6.39. The molecule has 0 fully saturated rings. The number of hydrogen-bond donors (Lipinski definition) is 2. The molecule has 0 saturated heterocycles. The van der Waals surface area contributed by atoms with Crippen LogP contribution in [0.5, 0.6) is 5.75 Å². The molecule has 0 unspecified atom stereocenters. The lowest BCUT2D eigenvalue weighted by molar-refractivity contribution is -0.126. The summed E-state index contributed by atoms with van der Waals surface area (Å²) < 4.78 is 5.58.